The minimum Gasteiger partial charge on any atom is -0.455 e. The van der Waals surface area contributed by atoms with Crippen LogP contribution in [-0.2, 0) is 30.3 Å². The Morgan fingerprint density at radius 2 is 1.81 bits per heavy atom. The van der Waals surface area contributed by atoms with Gasteiger partial charge in [-0.25, -0.2) is 14.0 Å². The number of aromatic nitrogens is 5. The van der Waals surface area contributed by atoms with Gasteiger partial charge in [0.2, 0.25) is 0 Å². The topological polar surface area (TPSA) is 151 Å². The molecule has 0 spiro atoms. The first-order chi connectivity index (χ1) is 22.6. The van der Waals surface area contributed by atoms with E-state index in [1.807, 2.05) is 27.8 Å². The summed E-state index contributed by atoms with van der Waals surface area (Å²) < 4.78 is 35.7. The van der Waals surface area contributed by atoms with E-state index in [0.29, 0.717) is 50.3 Å². The maximum atomic E-state index is 16.2. The Balaban J connectivity index is 1.57. The predicted molar refractivity (Wildman–Crippen MR) is 178 cm³/mol. The molecule has 1 N–H and O–H groups in total. The smallest absolute Gasteiger partial charge is 0.410 e. The molecule has 13 nitrogen and oxygen atoms in total. The summed E-state index contributed by atoms with van der Waals surface area (Å²) in [6, 6.07) is 2.73. The number of ether oxygens (including phenoxy) is 3. The van der Waals surface area contributed by atoms with Crippen LogP contribution < -0.4 is 5.32 Å². The number of ketones is 1. The summed E-state index contributed by atoms with van der Waals surface area (Å²) in [7, 11) is 3.44. The molecule has 0 aliphatic carbocycles. The summed E-state index contributed by atoms with van der Waals surface area (Å²) >= 11 is 0. The fourth-order valence-electron chi connectivity index (χ4n) is 7.35. The summed E-state index contributed by atoms with van der Waals surface area (Å²) in [6.45, 7) is 13.6. The maximum Gasteiger partial charge on any atom is 0.410 e. The SMILES string of the molecule is B[C@@H]1[C@H](C)C(=O)[C@](C)(F)C(=O)O[C@H](CC)[C@@]2(C)OC(=O)N(CCCCn3cc(-c4cccnn4)nn3)[C@@H]2[C@@H](C)NC[C@H](C)C[C@@]1(C)OC. The van der Waals surface area contributed by atoms with Crippen LogP contribution in [-0.4, -0.2) is 111 Å². The fraction of sp³-hybridized carbons (Fsp3) is 0.727. The number of Topliss-reactive ketones (excluding diaryl/α,β-unsaturated/α-hetero) is 1. The van der Waals surface area contributed by atoms with E-state index < -0.39 is 58.6 Å². The highest BCUT2D eigenvalue weighted by molar-refractivity contribution is 6.17. The minimum atomic E-state index is -2.91. The molecular weight excluding hydrogens is 620 g/mol. The number of alkyl halides is 1. The van der Waals surface area contributed by atoms with Crippen LogP contribution in [0.4, 0.5) is 9.18 Å². The standard InChI is InChI=1S/C33H51BFN7O6/c1-9-25-33(7)27(42(30(45)48-33)16-11-10-15-41-19-24(39-40-41)23-13-12-14-37-38-23)22(4)36-18-20(2)17-31(5,46-8)26(34)21(3)28(43)32(6,35)29(44)47-25/h12-14,19-22,25-27,36H,9-11,15-18,34H2,1-8H3/t20-,21+,22-,25-,26-,27-,31-,32+,33-/m1/s1. The van der Waals surface area contributed by atoms with E-state index in [1.165, 1.54) is 0 Å². The molecule has 2 aromatic heterocycles. The van der Waals surface area contributed by atoms with Crippen molar-refractivity contribution < 1.29 is 33.0 Å². The predicted octanol–water partition coefficient (Wildman–Crippen LogP) is 3.19. The molecule has 9 atom stereocenters. The number of fused-ring (bicyclic) bond motifs is 1. The van der Waals surface area contributed by atoms with Gasteiger partial charge >= 0.3 is 12.1 Å². The van der Waals surface area contributed by atoms with Gasteiger partial charge in [-0.1, -0.05) is 26.0 Å². The summed E-state index contributed by atoms with van der Waals surface area (Å²) in [4.78, 5) is 42.2. The Labute approximate surface area is 283 Å². The molecule has 0 saturated carbocycles. The number of hydrogen-bond donors (Lipinski definition) is 1. The number of cyclic esters (lactones) is 1. The highest BCUT2D eigenvalue weighted by atomic mass is 19.1. The Hall–Kier alpha value is -3.46. The molecule has 15 heteroatoms. The monoisotopic (exact) mass is 671 g/mol. The third kappa shape index (κ3) is 7.56. The first-order valence-electron chi connectivity index (χ1n) is 17.0. The van der Waals surface area contributed by atoms with Crippen LogP contribution in [0.15, 0.2) is 24.5 Å². The van der Waals surface area contributed by atoms with Crippen molar-refractivity contribution in [1.82, 2.24) is 35.4 Å². The number of halogens is 1. The molecule has 264 valence electrons. The Morgan fingerprint density at radius 1 is 1.10 bits per heavy atom. The maximum absolute atomic E-state index is 16.2. The molecule has 0 aromatic carbocycles. The van der Waals surface area contributed by atoms with Crippen LogP contribution in [0.1, 0.15) is 74.1 Å². The van der Waals surface area contributed by atoms with Gasteiger partial charge in [0.05, 0.1) is 17.8 Å². The van der Waals surface area contributed by atoms with Crippen molar-refractivity contribution in [2.75, 3.05) is 20.2 Å². The molecule has 2 aliphatic heterocycles. The molecule has 0 radical (unpaired) electrons. The Bertz CT molecular complexity index is 1430. The lowest BCUT2D eigenvalue weighted by molar-refractivity contribution is -0.179. The van der Waals surface area contributed by atoms with E-state index >= 15 is 4.39 Å². The zero-order valence-electron chi connectivity index (χ0n) is 29.7. The van der Waals surface area contributed by atoms with E-state index in [0.717, 1.165) is 6.92 Å². The first-order valence-corrected chi connectivity index (χ1v) is 17.0. The lowest BCUT2D eigenvalue weighted by Gasteiger charge is -2.41. The normalized spacial score (nSPS) is 35.4. The number of nitrogens with zero attached hydrogens (tertiary/aromatic N) is 6. The number of amides is 1. The van der Waals surface area contributed by atoms with Crippen LogP contribution in [0.25, 0.3) is 11.4 Å². The summed E-state index contributed by atoms with van der Waals surface area (Å²) in [5.41, 5.74) is -3.75. The zero-order valence-corrected chi connectivity index (χ0v) is 29.7. The molecule has 48 heavy (non-hydrogen) atoms. The third-order valence-corrected chi connectivity index (χ3v) is 10.6. The molecule has 2 saturated heterocycles. The van der Waals surface area contributed by atoms with Gasteiger partial charge in [-0.2, -0.15) is 5.10 Å². The van der Waals surface area contributed by atoms with E-state index in [4.69, 9.17) is 14.2 Å². The Kier molecular flexibility index (Phi) is 11.7. The van der Waals surface area contributed by atoms with Crippen LogP contribution in [0, 0.1) is 11.8 Å². The van der Waals surface area contributed by atoms with E-state index in [2.05, 4.69) is 32.7 Å². The Morgan fingerprint density at radius 3 is 2.46 bits per heavy atom. The largest absolute Gasteiger partial charge is 0.455 e. The summed E-state index contributed by atoms with van der Waals surface area (Å²) in [6.07, 6.45) is 3.98. The van der Waals surface area contributed by atoms with Crippen molar-refractivity contribution in [1.29, 1.82) is 0 Å². The van der Waals surface area contributed by atoms with E-state index in [-0.39, 0.29) is 18.4 Å². The number of carbonyl (C=O) groups is 3. The lowest BCUT2D eigenvalue weighted by Crippen LogP contribution is -2.61. The molecule has 0 unspecified atom stereocenters. The van der Waals surface area contributed by atoms with Gasteiger partial charge in [0, 0.05) is 38.4 Å². The quantitative estimate of drug-likeness (QED) is 0.191. The number of aryl methyl sites for hydroxylation is 1. The number of carbonyl (C=O) groups excluding carboxylic acids is 3. The van der Waals surface area contributed by atoms with Gasteiger partial charge in [0.25, 0.3) is 5.67 Å². The number of nitrogens with one attached hydrogen (secondary N) is 1. The molecule has 4 rings (SSSR count). The van der Waals surface area contributed by atoms with Crippen LogP contribution in [0.5, 0.6) is 0 Å². The van der Waals surface area contributed by atoms with Gasteiger partial charge in [0.1, 0.15) is 25.3 Å². The second-order valence-electron chi connectivity index (χ2n) is 14.1. The molecular formula is C33H51BFN7O6. The first kappa shape index (κ1) is 37.4. The number of unbranched alkanes of at least 4 members (excludes halogenated alkanes) is 1. The number of rotatable bonds is 8. The molecule has 2 aliphatic rings. The number of methoxy groups -OCH3 is 1. The van der Waals surface area contributed by atoms with E-state index in [9.17, 15) is 14.4 Å². The molecule has 4 heterocycles. The second kappa shape index (κ2) is 15.0. The highest BCUT2D eigenvalue weighted by Crippen LogP contribution is 2.41. The second-order valence-corrected chi connectivity index (χ2v) is 14.1. The van der Waals surface area contributed by atoms with E-state index in [1.54, 1.807) is 55.9 Å². The van der Waals surface area contributed by atoms with Crippen molar-refractivity contribution >= 4 is 25.7 Å². The van der Waals surface area contributed by atoms with Gasteiger partial charge in [-0.05, 0) is 83.8 Å². The van der Waals surface area contributed by atoms with Crippen molar-refractivity contribution in [3.63, 3.8) is 0 Å². The van der Waals surface area contributed by atoms with Crippen molar-refractivity contribution in [3.05, 3.63) is 24.5 Å². The van der Waals surface area contributed by atoms with Crippen molar-refractivity contribution in [2.45, 2.75) is 122 Å². The van der Waals surface area contributed by atoms with Crippen LogP contribution in [0.3, 0.4) is 0 Å². The average molecular weight is 672 g/mol. The third-order valence-electron chi connectivity index (χ3n) is 10.6. The van der Waals surface area contributed by atoms with Gasteiger partial charge in [-0.3, -0.25) is 14.4 Å². The van der Waals surface area contributed by atoms with Crippen LogP contribution in [0.2, 0.25) is 5.82 Å². The van der Waals surface area contributed by atoms with Gasteiger partial charge < -0.3 is 19.5 Å². The summed E-state index contributed by atoms with van der Waals surface area (Å²) in [5, 5.41) is 19.9. The number of hydrogen-bond acceptors (Lipinski definition) is 11. The average Bonchev–Trinajstić information content (AvgIpc) is 3.64. The molecule has 2 fully saturated rings. The summed E-state index contributed by atoms with van der Waals surface area (Å²) in [5.74, 6) is -3.29. The minimum absolute atomic E-state index is 0.0936. The molecule has 2 aromatic rings. The van der Waals surface area contributed by atoms with Crippen molar-refractivity contribution in [2.24, 2.45) is 11.8 Å². The zero-order chi connectivity index (χ0) is 35.4. The number of esters is 1. The fourth-order valence-corrected chi connectivity index (χ4v) is 7.35. The van der Waals surface area contributed by atoms with Crippen LogP contribution >= 0.6 is 0 Å². The van der Waals surface area contributed by atoms with Gasteiger partial charge in [-0.15, -0.1) is 10.2 Å². The molecule has 1 amide bonds. The van der Waals surface area contributed by atoms with Crippen molar-refractivity contribution in [3.8, 4) is 11.4 Å². The highest BCUT2D eigenvalue weighted by Gasteiger charge is 2.59. The lowest BCUT2D eigenvalue weighted by atomic mass is 9.62. The van der Waals surface area contributed by atoms with Gasteiger partial charge in [0.15, 0.2) is 11.4 Å². The molecule has 0 bridgehead atoms.